The molecule has 0 amide bonds. The minimum atomic E-state index is 0.146. The monoisotopic (exact) mass is 241 g/mol. The first-order valence-corrected chi connectivity index (χ1v) is 6.30. The molecule has 2 rings (SSSR count). The van der Waals surface area contributed by atoms with Crippen molar-refractivity contribution in [2.24, 2.45) is 0 Å². The fourth-order valence-electron chi connectivity index (χ4n) is 2.00. The van der Waals surface area contributed by atoms with Gasteiger partial charge < -0.3 is 10.5 Å². The molecule has 0 fully saturated rings. The lowest BCUT2D eigenvalue weighted by Gasteiger charge is -2.16. The normalized spacial score (nSPS) is 12.3. The quantitative estimate of drug-likeness (QED) is 0.805. The summed E-state index contributed by atoms with van der Waals surface area (Å²) in [5.74, 6) is 0. The van der Waals surface area contributed by atoms with Crippen LogP contribution in [-0.2, 0) is 11.3 Å². The van der Waals surface area contributed by atoms with E-state index in [0.29, 0.717) is 6.61 Å². The second-order valence-corrected chi connectivity index (χ2v) is 4.36. The maximum Gasteiger partial charge on any atom is 0.0826 e. The van der Waals surface area contributed by atoms with Crippen molar-refractivity contribution in [2.45, 2.75) is 26.1 Å². The summed E-state index contributed by atoms with van der Waals surface area (Å²) in [6.45, 7) is 2.73. The van der Waals surface area contributed by atoms with Crippen LogP contribution in [0.5, 0.6) is 0 Å². The van der Waals surface area contributed by atoms with Gasteiger partial charge in [0.1, 0.15) is 0 Å². The molecular formula is C16H19NO. The lowest BCUT2D eigenvalue weighted by molar-refractivity contribution is 0.0372. The van der Waals surface area contributed by atoms with E-state index in [1.807, 2.05) is 42.5 Å². The molecule has 0 heterocycles. The van der Waals surface area contributed by atoms with E-state index < -0.39 is 0 Å². The van der Waals surface area contributed by atoms with Crippen molar-refractivity contribution in [3.8, 4) is 0 Å². The average molecular weight is 241 g/mol. The molecule has 0 aliphatic rings. The zero-order valence-corrected chi connectivity index (χ0v) is 10.7. The van der Waals surface area contributed by atoms with E-state index in [9.17, 15) is 0 Å². The molecule has 94 valence electrons. The van der Waals surface area contributed by atoms with Gasteiger partial charge in [0.25, 0.3) is 0 Å². The Labute approximate surface area is 108 Å². The molecule has 0 aromatic heterocycles. The molecule has 0 aliphatic carbocycles. The number of nitrogen functional groups attached to an aromatic ring is 1. The molecule has 0 spiro atoms. The highest BCUT2D eigenvalue weighted by Gasteiger charge is 2.09. The maximum atomic E-state index is 5.96. The Bertz CT molecular complexity index is 481. The van der Waals surface area contributed by atoms with Crippen LogP contribution in [0.15, 0.2) is 54.6 Å². The number of rotatable bonds is 5. The van der Waals surface area contributed by atoms with Gasteiger partial charge in [-0.05, 0) is 29.7 Å². The smallest absolute Gasteiger partial charge is 0.0826 e. The maximum absolute atomic E-state index is 5.96. The first-order valence-electron chi connectivity index (χ1n) is 6.30. The van der Waals surface area contributed by atoms with E-state index in [-0.39, 0.29) is 6.10 Å². The van der Waals surface area contributed by atoms with E-state index in [2.05, 4.69) is 19.1 Å². The molecule has 2 aromatic rings. The minimum Gasteiger partial charge on any atom is -0.399 e. The van der Waals surface area contributed by atoms with E-state index >= 15 is 0 Å². The summed E-state index contributed by atoms with van der Waals surface area (Å²) in [5.41, 5.74) is 8.88. The standard InChI is InChI=1S/C16H19NO/c1-2-16(14-8-4-3-5-9-14)18-12-13-7-6-10-15(17)11-13/h3-11,16H,2,12,17H2,1H3. The summed E-state index contributed by atoms with van der Waals surface area (Å²) in [4.78, 5) is 0. The van der Waals surface area contributed by atoms with Crippen molar-refractivity contribution in [1.29, 1.82) is 0 Å². The number of hydrogen-bond donors (Lipinski definition) is 1. The largest absolute Gasteiger partial charge is 0.399 e. The van der Waals surface area contributed by atoms with Crippen LogP contribution in [0.25, 0.3) is 0 Å². The van der Waals surface area contributed by atoms with E-state index in [1.165, 1.54) is 5.56 Å². The fourth-order valence-corrected chi connectivity index (χ4v) is 2.00. The van der Waals surface area contributed by atoms with Crippen LogP contribution in [0.4, 0.5) is 5.69 Å². The van der Waals surface area contributed by atoms with Gasteiger partial charge in [-0.3, -0.25) is 0 Å². The Morgan fingerprint density at radius 1 is 1.06 bits per heavy atom. The molecule has 18 heavy (non-hydrogen) atoms. The van der Waals surface area contributed by atoms with Crippen molar-refractivity contribution in [2.75, 3.05) is 5.73 Å². The molecular weight excluding hydrogens is 222 g/mol. The fraction of sp³-hybridized carbons (Fsp3) is 0.250. The summed E-state index contributed by atoms with van der Waals surface area (Å²) in [7, 11) is 0. The molecule has 0 aliphatic heterocycles. The molecule has 0 bridgehead atoms. The highest BCUT2D eigenvalue weighted by Crippen LogP contribution is 2.22. The molecule has 0 radical (unpaired) electrons. The van der Waals surface area contributed by atoms with Gasteiger partial charge in [0.15, 0.2) is 0 Å². The molecule has 1 unspecified atom stereocenters. The van der Waals surface area contributed by atoms with Crippen LogP contribution >= 0.6 is 0 Å². The summed E-state index contributed by atoms with van der Waals surface area (Å²) < 4.78 is 5.96. The van der Waals surface area contributed by atoms with Crippen LogP contribution < -0.4 is 5.73 Å². The van der Waals surface area contributed by atoms with Crippen molar-refractivity contribution < 1.29 is 4.74 Å². The minimum absolute atomic E-state index is 0.146. The lowest BCUT2D eigenvalue weighted by atomic mass is 10.1. The van der Waals surface area contributed by atoms with Crippen molar-refractivity contribution >= 4 is 5.69 Å². The topological polar surface area (TPSA) is 35.2 Å². The van der Waals surface area contributed by atoms with Crippen molar-refractivity contribution in [3.63, 3.8) is 0 Å². The molecule has 2 aromatic carbocycles. The van der Waals surface area contributed by atoms with E-state index in [0.717, 1.165) is 17.7 Å². The zero-order valence-electron chi connectivity index (χ0n) is 10.7. The van der Waals surface area contributed by atoms with Gasteiger partial charge in [0, 0.05) is 5.69 Å². The van der Waals surface area contributed by atoms with E-state index in [1.54, 1.807) is 0 Å². The number of anilines is 1. The summed E-state index contributed by atoms with van der Waals surface area (Å²) in [6.07, 6.45) is 1.11. The molecule has 0 saturated carbocycles. The Hall–Kier alpha value is -1.80. The number of ether oxygens (including phenoxy) is 1. The van der Waals surface area contributed by atoms with Crippen LogP contribution in [0.3, 0.4) is 0 Å². The number of benzene rings is 2. The van der Waals surface area contributed by atoms with Crippen molar-refractivity contribution in [3.05, 3.63) is 65.7 Å². The SMILES string of the molecule is CCC(OCc1cccc(N)c1)c1ccccc1. The summed E-state index contributed by atoms with van der Waals surface area (Å²) in [6, 6.07) is 18.2. The summed E-state index contributed by atoms with van der Waals surface area (Å²) >= 11 is 0. The molecule has 1 atom stereocenters. The van der Waals surface area contributed by atoms with Gasteiger partial charge in [-0.15, -0.1) is 0 Å². The first-order chi connectivity index (χ1) is 8.79. The van der Waals surface area contributed by atoms with Crippen LogP contribution in [0.2, 0.25) is 0 Å². The van der Waals surface area contributed by atoms with Gasteiger partial charge >= 0.3 is 0 Å². The Kier molecular flexibility index (Phi) is 4.37. The van der Waals surface area contributed by atoms with Gasteiger partial charge in [-0.1, -0.05) is 49.4 Å². The number of hydrogen-bond acceptors (Lipinski definition) is 2. The third kappa shape index (κ3) is 3.34. The lowest BCUT2D eigenvalue weighted by Crippen LogP contribution is -2.03. The Morgan fingerprint density at radius 3 is 2.50 bits per heavy atom. The second kappa shape index (κ2) is 6.22. The van der Waals surface area contributed by atoms with Gasteiger partial charge in [0.05, 0.1) is 12.7 Å². The summed E-state index contributed by atoms with van der Waals surface area (Å²) in [5, 5.41) is 0. The predicted octanol–water partition coefficient (Wildman–Crippen LogP) is 3.94. The first kappa shape index (κ1) is 12.7. The van der Waals surface area contributed by atoms with Gasteiger partial charge in [0.2, 0.25) is 0 Å². The van der Waals surface area contributed by atoms with Gasteiger partial charge in [-0.2, -0.15) is 0 Å². The molecule has 0 saturated heterocycles. The van der Waals surface area contributed by atoms with Gasteiger partial charge in [-0.25, -0.2) is 0 Å². The van der Waals surface area contributed by atoms with Crippen LogP contribution in [0.1, 0.15) is 30.6 Å². The highest BCUT2D eigenvalue weighted by molar-refractivity contribution is 5.40. The van der Waals surface area contributed by atoms with Crippen molar-refractivity contribution in [1.82, 2.24) is 0 Å². The predicted molar refractivity (Wildman–Crippen MR) is 75.1 cm³/mol. The molecule has 2 nitrogen and oxygen atoms in total. The molecule has 2 heteroatoms. The average Bonchev–Trinajstić information content (AvgIpc) is 2.41. The Balaban J connectivity index is 2.00. The van der Waals surface area contributed by atoms with Crippen LogP contribution in [0, 0.1) is 0 Å². The van der Waals surface area contributed by atoms with Crippen LogP contribution in [-0.4, -0.2) is 0 Å². The zero-order chi connectivity index (χ0) is 12.8. The third-order valence-corrected chi connectivity index (χ3v) is 2.94. The highest BCUT2D eigenvalue weighted by atomic mass is 16.5. The Morgan fingerprint density at radius 2 is 1.83 bits per heavy atom. The number of nitrogens with two attached hydrogens (primary N) is 1. The van der Waals surface area contributed by atoms with E-state index in [4.69, 9.17) is 10.5 Å². The third-order valence-electron chi connectivity index (χ3n) is 2.94. The molecule has 2 N–H and O–H groups in total. The second-order valence-electron chi connectivity index (χ2n) is 4.36.